The third kappa shape index (κ3) is 16.1. The fraction of sp³-hybridized carbons (Fsp3) is 0.433. The van der Waals surface area contributed by atoms with E-state index in [0.29, 0.717) is 47.2 Å². The molecule has 3 amide bonds. The molecule has 7 aliphatic heterocycles. The second-order valence-electron chi connectivity index (χ2n) is 33.6. The van der Waals surface area contributed by atoms with Crippen LogP contribution in [0.4, 0.5) is 0 Å². The van der Waals surface area contributed by atoms with Crippen molar-refractivity contribution in [2.24, 2.45) is 16.2 Å². The molecule has 1 unspecified atom stereocenters. The summed E-state index contributed by atoms with van der Waals surface area (Å²) >= 11 is 3.32. The number of carboxylic acid groups (broad SMARTS) is 3. The average molecular weight is 1580 g/mol. The number of hydrogen-bond acceptors (Lipinski definition) is 14. The number of carbonyl (C=O) groups excluding carboxylic acids is 3. The Kier molecular flexibility index (Phi) is 21.4. The van der Waals surface area contributed by atoms with Gasteiger partial charge >= 0.3 is 25.0 Å². The summed E-state index contributed by atoms with van der Waals surface area (Å²) in [6.07, 6.45) is 19.4. The first-order valence-corrected chi connectivity index (χ1v) is 40.6. The van der Waals surface area contributed by atoms with E-state index in [0.717, 1.165) is 188 Å². The van der Waals surface area contributed by atoms with Gasteiger partial charge in [-0.2, -0.15) is 0 Å². The van der Waals surface area contributed by atoms with Crippen molar-refractivity contribution in [2.75, 3.05) is 59.1 Å². The third-order valence-electron chi connectivity index (χ3n) is 26.3. The lowest BCUT2D eigenvalue weighted by Gasteiger charge is -2.34. The summed E-state index contributed by atoms with van der Waals surface area (Å²) in [5.41, 5.74) is 13.1. The van der Waals surface area contributed by atoms with Gasteiger partial charge in [0.25, 0.3) is 17.7 Å². The number of aromatic nitrogens is 3. The second kappa shape index (κ2) is 31.2. The van der Waals surface area contributed by atoms with Gasteiger partial charge in [0.05, 0.1) is 44.4 Å². The van der Waals surface area contributed by atoms with Crippen LogP contribution in [0.2, 0.25) is 0 Å². The highest BCUT2D eigenvalue weighted by Gasteiger charge is 2.59. The fourth-order valence-electron chi connectivity index (χ4n) is 18.3. The van der Waals surface area contributed by atoms with Crippen LogP contribution in [0.3, 0.4) is 0 Å². The summed E-state index contributed by atoms with van der Waals surface area (Å²) in [6.45, 7) is 15.7. The Morgan fingerprint density at radius 1 is 0.402 bits per heavy atom. The van der Waals surface area contributed by atoms with Crippen molar-refractivity contribution in [2.45, 2.75) is 171 Å². The van der Waals surface area contributed by atoms with E-state index in [4.69, 9.17) is 38.8 Å². The summed E-state index contributed by atoms with van der Waals surface area (Å²) < 4.78 is 30.1. The van der Waals surface area contributed by atoms with Crippen molar-refractivity contribution >= 4 is 96.8 Å². The standard InChI is InChI=1S/2C28H28N2O4.C24H34BNO4.C10H6BrNO2/c2*31-26(25-2-1-13-34-25)30-11-9-28(10-12-30)16-23(28)19-5-3-18(4-6-19)20-7-8-21-14-22(27(32)33)17-29-24(21)15-20;1-22(2)23(3,4)30-25(29-22)18-9-7-17(8-10-18)19-16-24(19)11-13-26(14-12-24)21(27)20-6-5-15-28-20;11-8-2-1-6-3-7(10(13)14)5-12-9(6)4-8/h2*3-8,14-15,17,23,25H,1-2,9-13,16H2,(H,32,33);7-10,19-20H,5-6,11-16H2,1-4H3;1-5H,(H,13,14)/t23-,25+;23-,25-;19?,20-;/m011./s1. The van der Waals surface area contributed by atoms with Crippen LogP contribution in [0.1, 0.15) is 190 Å². The van der Waals surface area contributed by atoms with Crippen LogP contribution in [0.25, 0.3) is 55.0 Å². The monoisotopic (exact) mass is 1570 g/mol. The highest BCUT2D eigenvalue weighted by Crippen LogP contribution is 2.67. The summed E-state index contributed by atoms with van der Waals surface area (Å²) in [4.78, 5) is 89.7. The predicted octanol–water partition coefficient (Wildman–Crippen LogP) is 15.7. The Morgan fingerprint density at radius 3 is 1.02 bits per heavy atom. The first-order valence-electron chi connectivity index (χ1n) is 39.8. The zero-order valence-corrected chi connectivity index (χ0v) is 65.6. The molecule has 22 heteroatoms. The normalized spacial score (nSPS) is 23.9. The summed E-state index contributed by atoms with van der Waals surface area (Å²) in [5.74, 6) is -0.517. The lowest BCUT2D eigenvalue weighted by molar-refractivity contribution is -0.143. The molecule has 580 valence electrons. The molecule has 9 aromatic rings. The molecule has 0 radical (unpaired) electrons. The number of rotatable bonds is 12. The van der Waals surface area contributed by atoms with Crippen molar-refractivity contribution in [1.82, 2.24) is 29.7 Å². The van der Waals surface area contributed by atoms with Crippen LogP contribution in [-0.2, 0) is 37.9 Å². The number of benzene rings is 6. The van der Waals surface area contributed by atoms with Gasteiger partial charge in [-0.3, -0.25) is 29.3 Å². The third-order valence-corrected chi connectivity index (χ3v) is 26.8. The van der Waals surface area contributed by atoms with Crippen LogP contribution < -0.4 is 5.46 Å². The molecule has 3 N–H and O–H groups in total. The fourth-order valence-corrected chi connectivity index (χ4v) is 18.6. The van der Waals surface area contributed by atoms with Gasteiger partial charge < -0.3 is 53.5 Å². The van der Waals surface area contributed by atoms with E-state index in [1.54, 1.807) is 18.2 Å². The van der Waals surface area contributed by atoms with E-state index in [1.807, 2.05) is 69.3 Å². The molecule has 20 nitrogen and oxygen atoms in total. The van der Waals surface area contributed by atoms with Gasteiger partial charge in [0.15, 0.2) is 0 Å². The summed E-state index contributed by atoms with van der Waals surface area (Å²) in [6, 6.07) is 48.9. The number of likely N-dealkylation sites (tertiary alicyclic amines) is 3. The highest BCUT2D eigenvalue weighted by molar-refractivity contribution is 9.10. The number of pyridine rings is 3. The van der Waals surface area contributed by atoms with Crippen LogP contribution >= 0.6 is 15.9 Å². The number of aromatic carboxylic acids is 3. The Labute approximate surface area is 661 Å². The maximum atomic E-state index is 12.7. The number of halogens is 1. The minimum Gasteiger partial charge on any atom is -0.478 e. The van der Waals surface area contributed by atoms with E-state index in [9.17, 15) is 28.8 Å². The zero-order valence-electron chi connectivity index (χ0n) is 64.0. The number of piperidine rings is 3. The Morgan fingerprint density at radius 2 is 0.705 bits per heavy atom. The number of carboxylic acids is 3. The Bertz CT molecular complexity index is 4840. The number of hydrogen-bond donors (Lipinski definition) is 3. The van der Waals surface area contributed by atoms with Crippen LogP contribution in [0.15, 0.2) is 169 Å². The SMILES string of the molecule is CC1(C)OB(c2ccc(C3CC34CCN(C(=O)[C@H]3CCCO3)CC4)cc2)OC1(C)C.O=C(O)c1cnc2cc(-c3ccc([C@@H]4CC45CCN(C(=O)[C@H]4CCCO4)CC5)cc3)ccc2c1.O=C(O)c1cnc2cc(-c3ccc([C@H]4CC45CCN(C(=O)[C@H]4CCCO4)CC5)cc3)ccc2c1.O=C(O)c1cnc2cc(Br)ccc2c1. The number of amides is 3. The van der Waals surface area contributed by atoms with Crippen molar-refractivity contribution in [3.63, 3.8) is 0 Å². The predicted molar refractivity (Wildman–Crippen MR) is 431 cm³/mol. The average Bonchev–Trinajstić information content (AvgIpc) is 1.58. The molecular formula is C90H96BBrN6O14. The van der Waals surface area contributed by atoms with E-state index in [-0.39, 0.29) is 71.0 Å². The number of fused-ring (bicyclic) bond motifs is 3. The maximum absolute atomic E-state index is 12.7. The van der Waals surface area contributed by atoms with E-state index in [2.05, 4.69) is 131 Å². The van der Waals surface area contributed by atoms with Crippen LogP contribution in [0, 0.1) is 16.2 Å². The van der Waals surface area contributed by atoms with Gasteiger partial charge in [-0.05, 0) is 245 Å². The lowest BCUT2D eigenvalue weighted by atomic mass is 9.78. The largest absolute Gasteiger partial charge is 0.494 e. The highest BCUT2D eigenvalue weighted by atomic mass is 79.9. The summed E-state index contributed by atoms with van der Waals surface area (Å²) in [7, 11) is -0.302. The van der Waals surface area contributed by atoms with Crippen molar-refractivity contribution in [3.05, 3.63) is 202 Å². The van der Waals surface area contributed by atoms with Gasteiger partial charge in [-0.15, -0.1) is 0 Å². The quantitative estimate of drug-likeness (QED) is 0.0961. The smallest absolute Gasteiger partial charge is 0.478 e. The van der Waals surface area contributed by atoms with Crippen molar-refractivity contribution in [1.29, 1.82) is 0 Å². The molecule has 19 rings (SSSR count). The molecule has 10 fully saturated rings. The van der Waals surface area contributed by atoms with Crippen molar-refractivity contribution in [3.8, 4) is 22.3 Å². The van der Waals surface area contributed by atoms with Gasteiger partial charge in [-0.1, -0.05) is 119 Å². The topological polar surface area (TPSA) is 258 Å². The molecule has 3 aliphatic carbocycles. The van der Waals surface area contributed by atoms with E-state index in [1.165, 1.54) is 54.5 Å². The summed E-state index contributed by atoms with van der Waals surface area (Å²) in [5, 5.41) is 29.6. The molecule has 6 aromatic carbocycles. The number of ether oxygens (including phenoxy) is 3. The lowest BCUT2D eigenvalue weighted by Crippen LogP contribution is -2.44. The molecule has 3 aromatic heterocycles. The number of nitrogens with zero attached hydrogens (tertiary/aromatic N) is 6. The zero-order chi connectivity index (χ0) is 77.8. The Balaban J connectivity index is 0.000000117. The molecule has 3 saturated carbocycles. The molecule has 10 heterocycles. The second-order valence-corrected chi connectivity index (χ2v) is 34.5. The minimum atomic E-state index is -0.966. The van der Waals surface area contributed by atoms with Crippen LogP contribution in [0.5, 0.6) is 0 Å². The van der Waals surface area contributed by atoms with Gasteiger partial charge in [0.1, 0.15) is 18.3 Å². The molecule has 10 aliphatic rings. The minimum absolute atomic E-state index is 0.184. The molecule has 7 saturated heterocycles. The molecule has 0 bridgehead atoms. The van der Waals surface area contributed by atoms with Gasteiger partial charge in [0, 0.05) is 98.3 Å². The van der Waals surface area contributed by atoms with Crippen LogP contribution in [-0.4, -0.2) is 176 Å². The maximum Gasteiger partial charge on any atom is 0.494 e. The molecular weight excluding hydrogens is 1480 g/mol. The van der Waals surface area contributed by atoms with Crippen molar-refractivity contribution < 1.29 is 67.6 Å². The molecule has 112 heavy (non-hydrogen) atoms. The van der Waals surface area contributed by atoms with Gasteiger partial charge in [0.2, 0.25) is 0 Å². The Hall–Kier alpha value is -9.29. The van der Waals surface area contributed by atoms with E-state index < -0.39 is 17.9 Å². The van der Waals surface area contributed by atoms with E-state index >= 15 is 0 Å². The molecule has 3 spiro atoms. The van der Waals surface area contributed by atoms with Gasteiger partial charge in [-0.25, -0.2) is 14.4 Å². The molecule has 6 atom stereocenters. The first kappa shape index (κ1) is 76.7. The number of carbonyl (C=O) groups is 6. The first-order chi connectivity index (χ1) is 53.9.